The second-order valence-electron chi connectivity index (χ2n) is 11.7. The number of rotatable bonds is 9. The summed E-state index contributed by atoms with van der Waals surface area (Å²) >= 11 is 0. The molecule has 7 aromatic carbocycles. The van der Waals surface area contributed by atoms with E-state index in [9.17, 15) is 0 Å². The lowest BCUT2D eigenvalue weighted by molar-refractivity contribution is -0.001000. The van der Waals surface area contributed by atoms with Crippen molar-refractivity contribution in [1.82, 2.24) is 0 Å². The van der Waals surface area contributed by atoms with Crippen LogP contribution in [0.5, 0.6) is 0 Å². The Morgan fingerprint density at radius 2 is 0.562 bits per heavy atom. The van der Waals surface area contributed by atoms with Crippen molar-refractivity contribution in [1.29, 1.82) is 0 Å². The Labute approximate surface area is 308 Å². The fourth-order valence-electron chi connectivity index (χ4n) is 7.26. The molecule has 0 spiro atoms. The van der Waals surface area contributed by atoms with Gasteiger partial charge >= 0.3 is 0 Å². The predicted molar refractivity (Wildman–Crippen MR) is 204 cm³/mol. The summed E-state index contributed by atoms with van der Waals surface area (Å²) in [6.07, 6.45) is 0. The molecule has 238 valence electrons. The summed E-state index contributed by atoms with van der Waals surface area (Å²) in [7, 11) is -4.95. The second-order valence-corrected chi connectivity index (χ2v) is 19.2. The van der Waals surface area contributed by atoms with Crippen LogP contribution in [-0.4, -0.2) is 0 Å². The third-order valence-electron chi connectivity index (χ3n) is 9.05. The molecule has 0 N–H and O–H groups in total. The lowest BCUT2D eigenvalue weighted by Gasteiger charge is -2.41. The topological polar surface area (TPSA) is 0 Å². The Morgan fingerprint density at radius 1 is 0.312 bits per heavy atom. The summed E-state index contributed by atoms with van der Waals surface area (Å²) in [5.41, 5.74) is 2.66. The number of aryl methyl sites for hydroxylation is 1. The van der Waals surface area contributed by atoms with Crippen LogP contribution in [0.25, 0.3) is 0 Å². The van der Waals surface area contributed by atoms with Crippen molar-refractivity contribution in [3.05, 3.63) is 217 Å². The minimum Gasteiger partial charge on any atom is -1.00 e. The zero-order chi connectivity index (χ0) is 31.2. The molecule has 0 bridgehead atoms. The summed E-state index contributed by atoms with van der Waals surface area (Å²) in [6, 6.07) is 77.9. The normalized spacial score (nSPS) is 11.3. The highest BCUT2D eigenvalue weighted by Crippen LogP contribution is 2.84. The van der Waals surface area contributed by atoms with E-state index in [1.807, 2.05) is 0 Å². The third-order valence-corrected chi connectivity index (χ3v) is 19.9. The molecular weight excluding hydrogens is 750 g/mol. The summed E-state index contributed by atoms with van der Waals surface area (Å²) in [5, 5.41) is 8.46. The van der Waals surface area contributed by atoms with Gasteiger partial charge in [-0.15, -0.1) is 0 Å². The van der Waals surface area contributed by atoms with E-state index in [0.717, 1.165) is 0 Å². The predicted octanol–water partition coefficient (Wildman–Crippen LogP) is 2.99. The summed E-state index contributed by atoms with van der Waals surface area (Å²) in [5.74, 6) is 0. The Bertz CT molecular complexity index is 1670. The lowest BCUT2D eigenvalue weighted by atomic mass is 10.2. The molecule has 0 saturated heterocycles. The van der Waals surface area contributed by atoms with Gasteiger partial charge in [0, 0.05) is 5.56 Å². The van der Waals surface area contributed by atoms with Gasteiger partial charge < -0.3 is 34.0 Å². The minimum atomic E-state index is -2.47. The zero-order valence-corrected chi connectivity index (χ0v) is 31.8. The Morgan fingerprint density at radius 3 is 0.792 bits per heavy atom. The van der Waals surface area contributed by atoms with Crippen molar-refractivity contribution in [2.24, 2.45) is 0 Å². The number of hydrogen-bond donors (Lipinski definition) is 0. The van der Waals surface area contributed by atoms with Crippen molar-refractivity contribution in [3.8, 4) is 0 Å². The smallest absolute Gasteiger partial charge is 0.221 e. The van der Waals surface area contributed by atoms with Crippen molar-refractivity contribution < 1.29 is 34.0 Å². The molecule has 0 aliphatic rings. The van der Waals surface area contributed by atoms with Crippen LogP contribution in [0.1, 0.15) is 16.5 Å². The van der Waals surface area contributed by atoms with Crippen LogP contribution < -0.4 is 65.8 Å². The van der Waals surface area contributed by atoms with Gasteiger partial charge in [0.25, 0.3) is 0 Å². The standard InChI is InChI=1S/C44H38P2.2BrH/c1-36-21-20-22-37(35-36)44(45(38-23-8-2-9-24-38,39-25-10-3-11-26-39)40-27-12-4-13-28-40)46(41-29-14-5-15-30-41,42-31-16-6-17-32-42)43-33-18-7-19-34-43;;/h2-35,44H,1H3;2*1H/q+2;;/p-2. The molecule has 0 aliphatic carbocycles. The van der Waals surface area contributed by atoms with E-state index in [0.29, 0.717) is 0 Å². The van der Waals surface area contributed by atoms with E-state index in [1.165, 1.54) is 43.0 Å². The van der Waals surface area contributed by atoms with Gasteiger partial charge in [0.2, 0.25) is 5.40 Å². The Hall–Kier alpha value is -3.64. The molecule has 0 saturated carbocycles. The maximum atomic E-state index is 2.47. The van der Waals surface area contributed by atoms with E-state index < -0.39 is 14.5 Å². The molecule has 0 aliphatic heterocycles. The summed E-state index contributed by atoms with van der Waals surface area (Å²) in [6.45, 7) is 2.24. The summed E-state index contributed by atoms with van der Waals surface area (Å²) in [4.78, 5) is 0. The highest BCUT2D eigenvalue weighted by atomic mass is 79.9. The average Bonchev–Trinajstić information content (AvgIpc) is 3.14. The highest BCUT2D eigenvalue weighted by Gasteiger charge is 2.69. The average molecular weight is 789 g/mol. The first kappa shape index (κ1) is 35.7. The van der Waals surface area contributed by atoms with Gasteiger partial charge in [-0.1, -0.05) is 133 Å². The molecule has 0 heterocycles. The maximum absolute atomic E-state index is 2.47. The molecule has 0 unspecified atom stereocenters. The first-order valence-corrected chi connectivity index (χ1v) is 19.6. The highest BCUT2D eigenvalue weighted by molar-refractivity contribution is 8.10. The molecule has 0 aromatic heterocycles. The molecule has 48 heavy (non-hydrogen) atoms. The first-order chi connectivity index (χ1) is 22.8. The van der Waals surface area contributed by atoms with Crippen LogP contribution in [-0.2, 0) is 0 Å². The fourth-order valence-corrected chi connectivity index (χ4v) is 20.3. The van der Waals surface area contributed by atoms with Gasteiger partial charge in [0.15, 0.2) is 14.5 Å². The van der Waals surface area contributed by atoms with Crippen LogP contribution in [0.4, 0.5) is 0 Å². The first-order valence-electron chi connectivity index (χ1n) is 15.9. The van der Waals surface area contributed by atoms with Gasteiger partial charge in [-0.05, 0) is 85.8 Å². The van der Waals surface area contributed by atoms with Gasteiger partial charge in [-0.3, -0.25) is 0 Å². The largest absolute Gasteiger partial charge is 1.00 e. The van der Waals surface area contributed by atoms with E-state index in [4.69, 9.17) is 0 Å². The lowest BCUT2D eigenvalue weighted by Crippen LogP contribution is -3.00. The fraction of sp³-hybridized carbons (Fsp3) is 0.0455. The molecule has 4 heteroatoms. The van der Waals surface area contributed by atoms with Crippen LogP contribution in [0.15, 0.2) is 206 Å². The zero-order valence-electron chi connectivity index (χ0n) is 26.9. The van der Waals surface area contributed by atoms with Crippen LogP contribution in [0.3, 0.4) is 0 Å². The minimum absolute atomic E-state index is 0. The number of benzene rings is 7. The molecule has 0 radical (unpaired) electrons. The molecule has 0 nitrogen and oxygen atoms in total. The van der Waals surface area contributed by atoms with Gasteiger partial charge in [0.05, 0.1) is 0 Å². The maximum Gasteiger partial charge on any atom is 0.221 e. The molecular formula is C44H38Br2P2. The third kappa shape index (κ3) is 6.41. The van der Waals surface area contributed by atoms with E-state index in [-0.39, 0.29) is 39.4 Å². The van der Waals surface area contributed by atoms with E-state index in [2.05, 4.69) is 213 Å². The SMILES string of the molecule is Cc1cccc(C([P+](c2ccccc2)(c2ccccc2)c2ccccc2)[P+](c2ccccc2)(c2ccccc2)c2ccccc2)c1.[Br-].[Br-]. The number of halogens is 2. The van der Waals surface area contributed by atoms with Crippen molar-refractivity contribution in [2.75, 3.05) is 0 Å². The van der Waals surface area contributed by atoms with Gasteiger partial charge in [-0.25, -0.2) is 0 Å². The molecule has 0 amide bonds. The quantitative estimate of drug-likeness (QED) is 0.198. The van der Waals surface area contributed by atoms with Crippen molar-refractivity contribution in [3.63, 3.8) is 0 Å². The van der Waals surface area contributed by atoms with Crippen LogP contribution in [0.2, 0.25) is 0 Å². The number of hydrogen-bond acceptors (Lipinski definition) is 0. The Kier molecular flexibility index (Phi) is 12.0. The molecule has 0 atom stereocenters. The van der Waals surface area contributed by atoms with E-state index >= 15 is 0 Å². The molecule has 7 aromatic rings. The summed E-state index contributed by atoms with van der Waals surface area (Å²) < 4.78 is 0. The monoisotopic (exact) mass is 786 g/mol. The van der Waals surface area contributed by atoms with Crippen LogP contribution in [0, 0.1) is 6.92 Å². The Balaban J connectivity index is 0.00000225. The van der Waals surface area contributed by atoms with Crippen LogP contribution >= 0.6 is 14.5 Å². The van der Waals surface area contributed by atoms with Crippen molar-refractivity contribution in [2.45, 2.75) is 12.3 Å². The van der Waals surface area contributed by atoms with Gasteiger partial charge in [-0.2, -0.15) is 0 Å². The molecule has 7 rings (SSSR count). The van der Waals surface area contributed by atoms with Gasteiger partial charge in [0.1, 0.15) is 31.8 Å². The van der Waals surface area contributed by atoms with E-state index in [1.54, 1.807) is 0 Å². The van der Waals surface area contributed by atoms with Crippen molar-refractivity contribution >= 4 is 46.4 Å². The second kappa shape index (κ2) is 16.2. The molecule has 0 fully saturated rings.